The van der Waals surface area contributed by atoms with Gasteiger partial charge >= 0.3 is 0 Å². The lowest BCUT2D eigenvalue weighted by Gasteiger charge is -2.16. The molecule has 4 nitrogen and oxygen atoms in total. The molecular weight excluding hydrogens is 298 g/mol. The molecule has 117 valence electrons. The Kier molecular flexibility index (Phi) is 5.57. The normalized spacial score (nSPS) is 11.6. The molecule has 0 aliphatic heterocycles. The molecule has 2 aromatic rings. The first-order chi connectivity index (χ1) is 10.5. The summed E-state index contributed by atoms with van der Waals surface area (Å²) >= 11 is 0. The molecule has 1 N–H and O–H groups in total. The summed E-state index contributed by atoms with van der Waals surface area (Å²) in [7, 11) is -2.01. The van der Waals surface area contributed by atoms with Crippen LogP contribution < -0.4 is 9.46 Å². The predicted molar refractivity (Wildman–Crippen MR) is 87.0 cm³/mol. The average Bonchev–Trinajstić information content (AvgIpc) is 2.55. The van der Waals surface area contributed by atoms with E-state index < -0.39 is 10.0 Å². The van der Waals surface area contributed by atoms with E-state index in [0.29, 0.717) is 18.6 Å². The van der Waals surface area contributed by atoms with Gasteiger partial charge in [-0.05, 0) is 42.7 Å². The Morgan fingerprint density at radius 1 is 1.05 bits per heavy atom. The van der Waals surface area contributed by atoms with Crippen LogP contribution in [0.1, 0.15) is 18.9 Å². The summed E-state index contributed by atoms with van der Waals surface area (Å²) in [5, 5.41) is 0. The van der Waals surface area contributed by atoms with Gasteiger partial charge in [0.1, 0.15) is 5.75 Å². The third kappa shape index (κ3) is 4.32. The minimum absolute atomic E-state index is 0.229. The van der Waals surface area contributed by atoms with Crippen LogP contribution in [0.25, 0.3) is 0 Å². The second-order valence-electron chi connectivity index (χ2n) is 4.90. The summed E-state index contributed by atoms with van der Waals surface area (Å²) < 4.78 is 32.6. The highest BCUT2D eigenvalue weighted by Crippen LogP contribution is 2.19. The van der Waals surface area contributed by atoms with E-state index in [9.17, 15) is 8.42 Å². The van der Waals surface area contributed by atoms with Gasteiger partial charge in [0.2, 0.25) is 10.0 Å². The molecule has 0 spiro atoms. The van der Waals surface area contributed by atoms with E-state index in [-0.39, 0.29) is 4.90 Å². The van der Waals surface area contributed by atoms with Crippen molar-refractivity contribution in [3.8, 4) is 5.75 Å². The molecule has 0 saturated heterocycles. The average molecular weight is 318 g/mol. The van der Waals surface area contributed by atoms with Crippen molar-refractivity contribution in [1.82, 2.24) is 4.72 Å². The summed E-state index contributed by atoms with van der Waals surface area (Å²) in [6.07, 6.45) is 1.23. The number of methoxy groups -OCH3 is 1. The quantitative estimate of drug-likeness (QED) is 0.853. The number of ether oxygens (including phenoxy) is 1. The summed E-state index contributed by atoms with van der Waals surface area (Å²) in [5.74, 6) is 0.628. The lowest BCUT2D eigenvalue weighted by Crippen LogP contribution is -2.29. The van der Waals surface area contributed by atoms with Crippen LogP contribution in [0.2, 0.25) is 0 Å². The van der Waals surface area contributed by atoms with Crippen molar-refractivity contribution >= 4 is 10.0 Å². The minimum atomic E-state index is -3.56. The maximum absolute atomic E-state index is 12.4. The minimum Gasteiger partial charge on any atom is -0.497 e. The molecule has 2 rings (SSSR count). The first-order valence-electron chi connectivity index (χ1n) is 7.10. The maximum Gasteiger partial charge on any atom is 0.241 e. The van der Waals surface area contributed by atoms with Crippen LogP contribution in [0.4, 0.5) is 0 Å². The van der Waals surface area contributed by atoms with Gasteiger partial charge in [-0.1, -0.05) is 37.3 Å². The molecule has 0 fully saturated rings. The molecule has 0 amide bonds. The number of hydrogen-bond acceptors (Lipinski definition) is 3. The predicted octanol–water partition coefficient (Wildman–Crippen LogP) is 3.16. The standard InChI is InChI=1S/C17H20NO3S/c1-3-15(13-14-7-5-4-6-8-14)18-22(19,20)17-11-9-16(21-2)10-12-17/h4-12,18H,3,13H2,1-2H3. The van der Waals surface area contributed by atoms with Gasteiger partial charge < -0.3 is 4.74 Å². The third-order valence-electron chi connectivity index (χ3n) is 3.34. The van der Waals surface area contributed by atoms with Crippen LogP contribution in [-0.4, -0.2) is 15.5 Å². The lowest BCUT2D eigenvalue weighted by atomic mass is 10.1. The Labute approximate surface area is 132 Å². The first kappa shape index (κ1) is 16.5. The van der Waals surface area contributed by atoms with Gasteiger partial charge in [0, 0.05) is 0 Å². The molecule has 0 aliphatic rings. The Morgan fingerprint density at radius 2 is 1.68 bits per heavy atom. The van der Waals surface area contributed by atoms with Crippen LogP contribution in [-0.2, 0) is 16.4 Å². The topological polar surface area (TPSA) is 55.4 Å². The zero-order valence-corrected chi connectivity index (χ0v) is 13.6. The highest BCUT2D eigenvalue weighted by molar-refractivity contribution is 7.89. The van der Waals surface area contributed by atoms with E-state index >= 15 is 0 Å². The van der Waals surface area contributed by atoms with E-state index in [1.165, 1.54) is 12.1 Å². The molecule has 0 heterocycles. The number of sulfonamides is 1. The van der Waals surface area contributed by atoms with Gasteiger partial charge in [-0.2, -0.15) is 0 Å². The molecule has 22 heavy (non-hydrogen) atoms. The van der Waals surface area contributed by atoms with Gasteiger partial charge in [-0.15, -0.1) is 0 Å². The Bertz CT molecular complexity index is 682. The number of hydrogen-bond donors (Lipinski definition) is 1. The smallest absolute Gasteiger partial charge is 0.241 e. The van der Waals surface area contributed by atoms with Crippen molar-refractivity contribution in [2.75, 3.05) is 7.11 Å². The highest BCUT2D eigenvalue weighted by atomic mass is 32.2. The van der Waals surface area contributed by atoms with E-state index in [0.717, 1.165) is 11.6 Å². The molecule has 0 unspecified atom stereocenters. The lowest BCUT2D eigenvalue weighted by molar-refractivity contribution is 0.414. The van der Waals surface area contributed by atoms with Crippen molar-refractivity contribution in [1.29, 1.82) is 0 Å². The van der Waals surface area contributed by atoms with Crippen LogP contribution in [0.15, 0.2) is 59.5 Å². The molecule has 0 bridgehead atoms. The fourth-order valence-electron chi connectivity index (χ4n) is 2.08. The molecule has 1 radical (unpaired) electrons. The van der Waals surface area contributed by atoms with Crippen LogP contribution in [0, 0.1) is 6.04 Å². The van der Waals surface area contributed by atoms with Crippen molar-refractivity contribution in [3.05, 3.63) is 66.2 Å². The number of rotatable bonds is 7. The second kappa shape index (κ2) is 7.42. The van der Waals surface area contributed by atoms with Crippen molar-refractivity contribution in [2.24, 2.45) is 0 Å². The molecule has 5 heteroatoms. The summed E-state index contributed by atoms with van der Waals surface area (Å²) in [4.78, 5) is 0.229. The van der Waals surface area contributed by atoms with E-state index in [1.807, 2.05) is 37.3 Å². The van der Waals surface area contributed by atoms with E-state index in [1.54, 1.807) is 19.2 Å². The second-order valence-corrected chi connectivity index (χ2v) is 6.58. The summed E-state index contributed by atoms with van der Waals surface area (Å²) in [6.45, 7) is 1.94. The largest absolute Gasteiger partial charge is 0.497 e. The summed E-state index contributed by atoms with van der Waals surface area (Å²) in [6, 6.07) is 16.9. The molecular formula is C17H20NO3S. The molecule has 0 saturated carbocycles. The summed E-state index contributed by atoms with van der Waals surface area (Å²) in [5.41, 5.74) is 1.08. The SMILES string of the molecule is CC[C](Cc1ccccc1)NS(=O)(=O)c1ccc(OC)cc1. The number of nitrogens with one attached hydrogen (secondary N) is 1. The van der Waals surface area contributed by atoms with E-state index in [2.05, 4.69) is 4.72 Å². The Hall–Kier alpha value is -1.85. The van der Waals surface area contributed by atoms with Crippen molar-refractivity contribution in [3.63, 3.8) is 0 Å². The fraction of sp³-hybridized carbons (Fsp3) is 0.235. The van der Waals surface area contributed by atoms with Crippen molar-refractivity contribution in [2.45, 2.75) is 24.7 Å². The Morgan fingerprint density at radius 3 is 2.23 bits per heavy atom. The van der Waals surface area contributed by atoms with Gasteiger partial charge in [0.05, 0.1) is 18.0 Å². The zero-order valence-electron chi connectivity index (χ0n) is 12.7. The molecule has 0 atom stereocenters. The molecule has 2 aromatic carbocycles. The molecule has 0 aliphatic carbocycles. The van der Waals surface area contributed by atoms with Gasteiger partial charge in [-0.3, -0.25) is 0 Å². The monoisotopic (exact) mass is 318 g/mol. The van der Waals surface area contributed by atoms with Gasteiger partial charge in [0.15, 0.2) is 0 Å². The zero-order chi connectivity index (χ0) is 16.0. The highest BCUT2D eigenvalue weighted by Gasteiger charge is 2.19. The van der Waals surface area contributed by atoms with Crippen LogP contribution >= 0.6 is 0 Å². The van der Waals surface area contributed by atoms with E-state index in [4.69, 9.17) is 4.74 Å². The van der Waals surface area contributed by atoms with Gasteiger partial charge in [-0.25, -0.2) is 13.1 Å². The fourth-order valence-corrected chi connectivity index (χ4v) is 3.29. The maximum atomic E-state index is 12.4. The van der Waals surface area contributed by atoms with Gasteiger partial charge in [0.25, 0.3) is 0 Å². The third-order valence-corrected chi connectivity index (χ3v) is 4.79. The van der Waals surface area contributed by atoms with Crippen LogP contribution in [0.5, 0.6) is 5.75 Å². The first-order valence-corrected chi connectivity index (χ1v) is 8.59. The number of benzene rings is 2. The molecule has 0 aromatic heterocycles. The van der Waals surface area contributed by atoms with Crippen molar-refractivity contribution < 1.29 is 13.2 Å². The van der Waals surface area contributed by atoms with Crippen LogP contribution in [0.3, 0.4) is 0 Å². The Balaban J connectivity index is 2.11.